The Kier molecular flexibility index (Phi) is 4.54. The molecule has 1 aromatic rings. The fourth-order valence-electron chi connectivity index (χ4n) is 3.48. The lowest BCUT2D eigenvalue weighted by Gasteiger charge is -2.32. The molecule has 23 heavy (non-hydrogen) atoms. The molecule has 0 spiro atoms. The van der Waals surface area contributed by atoms with Crippen LogP contribution in [0.1, 0.15) is 44.7 Å². The van der Waals surface area contributed by atoms with Crippen molar-refractivity contribution in [1.82, 2.24) is 25.3 Å². The minimum absolute atomic E-state index is 0.0449. The summed E-state index contributed by atoms with van der Waals surface area (Å²) in [4.78, 5) is 28.0. The van der Waals surface area contributed by atoms with Gasteiger partial charge in [-0.1, -0.05) is 0 Å². The van der Waals surface area contributed by atoms with E-state index in [1.54, 1.807) is 6.20 Å². The molecule has 126 valence electrons. The number of piperidine rings is 1. The van der Waals surface area contributed by atoms with E-state index in [2.05, 4.69) is 15.5 Å². The summed E-state index contributed by atoms with van der Waals surface area (Å²) in [5.74, 6) is 0.578. The molecule has 1 aromatic heterocycles. The van der Waals surface area contributed by atoms with Crippen molar-refractivity contribution in [1.29, 1.82) is 0 Å². The van der Waals surface area contributed by atoms with Gasteiger partial charge in [0.05, 0.1) is 6.04 Å². The van der Waals surface area contributed by atoms with Crippen LogP contribution < -0.4 is 5.32 Å². The number of hydrogen-bond acceptors (Lipinski definition) is 3. The van der Waals surface area contributed by atoms with E-state index in [0.717, 1.165) is 31.6 Å². The summed E-state index contributed by atoms with van der Waals surface area (Å²) in [7, 11) is 0. The second-order valence-electron chi connectivity index (χ2n) is 6.76. The summed E-state index contributed by atoms with van der Waals surface area (Å²) in [5.41, 5.74) is 1.15. The van der Waals surface area contributed by atoms with Gasteiger partial charge in [0.25, 0.3) is 0 Å². The Morgan fingerprint density at radius 3 is 2.70 bits per heavy atom. The Morgan fingerprint density at radius 1 is 1.39 bits per heavy atom. The SMILES string of the molecule is CC(C)N1C[C@H](NC(=O)N2CCC(c3ccn[nH]3)CC2)CC1=O. The van der Waals surface area contributed by atoms with Gasteiger partial charge in [0.2, 0.25) is 5.91 Å². The van der Waals surface area contributed by atoms with Crippen LogP contribution in [0.25, 0.3) is 0 Å². The molecule has 0 aliphatic carbocycles. The number of amides is 3. The van der Waals surface area contributed by atoms with Crippen LogP contribution in [0.4, 0.5) is 4.79 Å². The maximum atomic E-state index is 12.4. The fourth-order valence-corrected chi connectivity index (χ4v) is 3.48. The monoisotopic (exact) mass is 319 g/mol. The number of urea groups is 1. The Labute approximate surface area is 136 Å². The molecule has 0 aromatic carbocycles. The standard InChI is InChI=1S/C16H25N5O2/c1-11(2)21-10-13(9-15(21)22)18-16(23)20-7-4-12(5-8-20)14-3-6-17-19-14/h3,6,11-13H,4-5,7-10H2,1-2H3,(H,17,19)(H,18,23)/t13-/m1/s1. The van der Waals surface area contributed by atoms with E-state index in [1.807, 2.05) is 29.7 Å². The van der Waals surface area contributed by atoms with Gasteiger partial charge < -0.3 is 15.1 Å². The van der Waals surface area contributed by atoms with E-state index in [9.17, 15) is 9.59 Å². The van der Waals surface area contributed by atoms with Gasteiger partial charge in [0.1, 0.15) is 0 Å². The van der Waals surface area contributed by atoms with Crippen LogP contribution in [0.15, 0.2) is 12.3 Å². The van der Waals surface area contributed by atoms with Crippen LogP contribution in [0, 0.1) is 0 Å². The first-order valence-electron chi connectivity index (χ1n) is 8.38. The van der Waals surface area contributed by atoms with Crippen molar-refractivity contribution in [2.24, 2.45) is 0 Å². The highest BCUT2D eigenvalue weighted by Crippen LogP contribution is 2.26. The van der Waals surface area contributed by atoms with Crippen molar-refractivity contribution in [3.8, 4) is 0 Å². The zero-order valence-electron chi connectivity index (χ0n) is 13.8. The third-order valence-electron chi connectivity index (χ3n) is 4.85. The first-order chi connectivity index (χ1) is 11.0. The summed E-state index contributed by atoms with van der Waals surface area (Å²) in [5, 5.41) is 10.0. The highest BCUT2D eigenvalue weighted by Gasteiger charge is 2.33. The Morgan fingerprint density at radius 2 is 2.13 bits per heavy atom. The van der Waals surface area contributed by atoms with Crippen molar-refractivity contribution in [2.75, 3.05) is 19.6 Å². The predicted molar refractivity (Wildman–Crippen MR) is 85.9 cm³/mol. The lowest BCUT2D eigenvalue weighted by molar-refractivity contribution is -0.129. The third kappa shape index (κ3) is 3.48. The molecule has 3 heterocycles. The number of carbonyl (C=O) groups excluding carboxylic acids is 2. The van der Waals surface area contributed by atoms with E-state index in [1.165, 1.54) is 0 Å². The van der Waals surface area contributed by atoms with Crippen molar-refractivity contribution in [3.63, 3.8) is 0 Å². The zero-order valence-corrected chi connectivity index (χ0v) is 13.8. The Balaban J connectivity index is 1.48. The molecule has 3 amide bonds. The highest BCUT2D eigenvalue weighted by molar-refractivity contribution is 5.82. The number of aromatic nitrogens is 2. The van der Waals surface area contributed by atoms with Gasteiger partial charge in [0.15, 0.2) is 0 Å². The first kappa shape index (κ1) is 15.8. The molecular weight excluding hydrogens is 294 g/mol. The number of nitrogens with zero attached hydrogens (tertiary/aromatic N) is 3. The van der Waals surface area contributed by atoms with Crippen LogP contribution in [-0.4, -0.2) is 63.7 Å². The Hall–Kier alpha value is -2.05. The average Bonchev–Trinajstić information content (AvgIpc) is 3.17. The maximum Gasteiger partial charge on any atom is 0.317 e. The largest absolute Gasteiger partial charge is 0.338 e. The highest BCUT2D eigenvalue weighted by atomic mass is 16.2. The predicted octanol–water partition coefficient (Wildman–Crippen LogP) is 1.31. The van der Waals surface area contributed by atoms with E-state index < -0.39 is 0 Å². The van der Waals surface area contributed by atoms with Crippen LogP contribution in [0.3, 0.4) is 0 Å². The van der Waals surface area contributed by atoms with Crippen molar-refractivity contribution < 1.29 is 9.59 Å². The van der Waals surface area contributed by atoms with Crippen LogP contribution in [0.5, 0.6) is 0 Å². The van der Waals surface area contributed by atoms with Crippen LogP contribution in [-0.2, 0) is 4.79 Å². The molecule has 1 atom stereocenters. The second kappa shape index (κ2) is 6.60. The fraction of sp³-hybridized carbons (Fsp3) is 0.688. The number of carbonyl (C=O) groups is 2. The van der Waals surface area contributed by atoms with Gasteiger partial charge in [-0.3, -0.25) is 9.89 Å². The molecule has 0 saturated carbocycles. The van der Waals surface area contributed by atoms with Gasteiger partial charge in [0, 0.05) is 49.9 Å². The molecule has 2 fully saturated rings. The lowest BCUT2D eigenvalue weighted by atomic mass is 9.94. The van der Waals surface area contributed by atoms with Crippen molar-refractivity contribution >= 4 is 11.9 Å². The Bertz CT molecular complexity index is 549. The van der Waals surface area contributed by atoms with Gasteiger partial charge in [-0.05, 0) is 32.8 Å². The van der Waals surface area contributed by atoms with Crippen LogP contribution in [0.2, 0.25) is 0 Å². The zero-order chi connectivity index (χ0) is 16.4. The second-order valence-corrected chi connectivity index (χ2v) is 6.76. The van der Waals surface area contributed by atoms with Crippen molar-refractivity contribution in [3.05, 3.63) is 18.0 Å². The van der Waals surface area contributed by atoms with Crippen LogP contribution >= 0.6 is 0 Å². The molecule has 0 bridgehead atoms. The molecule has 3 rings (SSSR count). The van der Waals surface area contributed by atoms with Gasteiger partial charge in [-0.2, -0.15) is 5.10 Å². The first-order valence-corrected chi connectivity index (χ1v) is 8.38. The summed E-state index contributed by atoms with van der Waals surface area (Å²) in [6.07, 6.45) is 4.06. The topological polar surface area (TPSA) is 81.3 Å². The minimum atomic E-state index is -0.0669. The number of aromatic amines is 1. The molecule has 2 saturated heterocycles. The van der Waals surface area contributed by atoms with Gasteiger partial charge in [-0.15, -0.1) is 0 Å². The number of H-pyrrole nitrogens is 1. The average molecular weight is 319 g/mol. The minimum Gasteiger partial charge on any atom is -0.338 e. The van der Waals surface area contributed by atoms with E-state index in [4.69, 9.17) is 0 Å². The summed E-state index contributed by atoms with van der Waals surface area (Å²) in [6.45, 7) is 6.10. The quantitative estimate of drug-likeness (QED) is 0.881. The number of nitrogens with one attached hydrogen (secondary N) is 2. The molecule has 0 unspecified atom stereocenters. The smallest absolute Gasteiger partial charge is 0.317 e. The molecule has 7 heteroatoms. The van der Waals surface area contributed by atoms with Crippen molar-refractivity contribution in [2.45, 2.75) is 51.1 Å². The van der Waals surface area contributed by atoms with Gasteiger partial charge in [-0.25, -0.2) is 4.79 Å². The van der Waals surface area contributed by atoms with E-state index in [-0.39, 0.29) is 24.0 Å². The number of hydrogen-bond donors (Lipinski definition) is 2. The third-order valence-corrected chi connectivity index (χ3v) is 4.85. The summed E-state index contributed by atoms with van der Waals surface area (Å²) >= 11 is 0. The molecule has 2 aliphatic heterocycles. The van der Waals surface area contributed by atoms with E-state index in [0.29, 0.717) is 18.9 Å². The van der Waals surface area contributed by atoms with Gasteiger partial charge >= 0.3 is 6.03 Å². The molecule has 7 nitrogen and oxygen atoms in total. The molecular formula is C16H25N5O2. The maximum absolute atomic E-state index is 12.4. The molecule has 2 aliphatic rings. The summed E-state index contributed by atoms with van der Waals surface area (Å²) < 4.78 is 0. The van der Waals surface area contributed by atoms with E-state index >= 15 is 0 Å². The molecule has 0 radical (unpaired) electrons. The number of rotatable bonds is 3. The normalized spacial score (nSPS) is 22.9. The lowest BCUT2D eigenvalue weighted by Crippen LogP contribution is -2.48. The summed E-state index contributed by atoms with van der Waals surface area (Å²) in [6, 6.07) is 2.08. The molecule has 2 N–H and O–H groups in total. The number of likely N-dealkylation sites (tertiary alicyclic amines) is 2.